The Morgan fingerprint density at radius 3 is 2.76 bits per heavy atom. The summed E-state index contributed by atoms with van der Waals surface area (Å²) in [4.78, 5) is 46.8. The molecular weight excluding hydrogens is 334 g/mol. The van der Waals surface area contributed by atoms with E-state index in [1.165, 1.54) is 25.1 Å². The lowest BCUT2D eigenvalue weighted by molar-refractivity contribution is -0.385. The molecule has 1 unspecified atom stereocenters. The fourth-order valence-electron chi connectivity index (χ4n) is 2.47. The van der Waals surface area contributed by atoms with Crippen molar-refractivity contribution in [2.24, 2.45) is 0 Å². The Kier molecular flexibility index (Phi) is 5.65. The van der Waals surface area contributed by atoms with Gasteiger partial charge in [-0.2, -0.15) is 0 Å². The third kappa shape index (κ3) is 4.29. The number of nitro benzene ring substituents is 1. The molecule has 134 valence electrons. The van der Waals surface area contributed by atoms with Crippen molar-refractivity contribution < 1.29 is 29.2 Å². The van der Waals surface area contributed by atoms with E-state index in [0.717, 1.165) is 4.90 Å². The van der Waals surface area contributed by atoms with Crippen LogP contribution in [0.25, 0.3) is 0 Å². The van der Waals surface area contributed by atoms with Crippen molar-refractivity contribution in [1.29, 1.82) is 0 Å². The molecule has 1 saturated heterocycles. The summed E-state index contributed by atoms with van der Waals surface area (Å²) < 4.78 is 5.05. The van der Waals surface area contributed by atoms with Crippen molar-refractivity contribution in [2.75, 3.05) is 26.3 Å². The summed E-state index contributed by atoms with van der Waals surface area (Å²) >= 11 is 0. The maximum Gasteiger partial charge on any atom is 0.328 e. The number of nitro groups is 1. The second-order valence-corrected chi connectivity index (χ2v) is 5.46. The molecule has 2 amide bonds. The molecule has 1 aliphatic rings. The van der Waals surface area contributed by atoms with E-state index >= 15 is 0 Å². The van der Waals surface area contributed by atoms with Crippen LogP contribution in [0.5, 0.6) is 0 Å². The van der Waals surface area contributed by atoms with Crippen LogP contribution < -0.4 is 5.32 Å². The number of morpholine rings is 1. The largest absolute Gasteiger partial charge is 0.480 e. The van der Waals surface area contributed by atoms with Crippen LogP contribution in [0.4, 0.5) is 5.69 Å². The van der Waals surface area contributed by atoms with Gasteiger partial charge in [0.15, 0.2) is 6.04 Å². The molecule has 1 heterocycles. The second-order valence-electron chi connectivity index (χ2n) is 5.46. The predicted octanol–water partition coefficient (Wildman–Crippen LogP) is -0.0550. The van der Waals surface area contributed by atoms with Crippen LogP contribution >= 0.6 is 0 Å². The summed E-state index contributed by atoms with van der Waals surface area (Å²) in [5.74, 6) is -2.29. The maximum absolute atomic E-state index is 12.2. The zero-order valence-corrected chi connectivity index (χ0v) is 13.4. The van der Waals surface area contributed by atoms with E-state index in [9.17, 15) is 24.5 Å². The molecule has 0 saturated carbocycles. The van der Waals surface area contributed by atoms with Crippen molar-refractivity contribution in [3.8, 4) is 0 Å². The number of hydrogen-bond donors (Lipinski definition) is 2. The Morgan fingerprint density at radius 2 is 2.16 bits per heavy atom. The van der Waals surface area contributed by atoms with Gasteiger partial charge in [-0.3, -0.25) is 19.7 Å². The van der Waals surface area contributed by atoms with E-state index in [1.54, 1.807) is 0 Å². The summed E-state index contributed by atoms with van der Waals surface area (Å²) in [6.07, 6.45) is 0. The van der Waals surface area contributed by atoms with Crippen molar-refractivity contribution in [2.45, 2.75) is 13.0 Å². The van der Waals surface area contributed by atoms with Gasteiger partial charge in [-0.15, -0.1) is 0 Å². The van der Waals surface area contributed by atoms with E-state index in [4.69, 9.17) is 9.84 Å². The molecule has 1 aromatic carbocycles. The molecule has 1 fully saturated rings. The van der Waals surface area contributed by atoms with Gasteiger partial charge in [-0.1, -0.05) is 0 Å². The molecule has 0 bridgehead atoms. The van der Waals surface area contributed by atoms with Gasteiger partial charge in [0.25, 0.3) is 11.6 Å². The SMILES string of the molecule is Cc1cc(C(=O)NCC(=O)N2CCOCC2C(=O)O)ccc1[N+](=O)[O-]. The third-order valence-corrected chi connectivity index (χ3v) is 3.79. The number of hydrogen-bond acceptors (Lipinski definition) is 6. The van der Waals surface area contributed by atoms with Crippen molar-refractivity contribution in [3.63, 3.8) is 0 Å². The molecule has 1 aliphatic heterocycles. The molecule has 2 rings (SSSR count). The quantitative estimate of drug-likeness (QED) is 0.560. The number of amides is 2. The highest BCUT2D eigenvalue weighted by molar-refractivity contribution is 5.97. The molecule has 10 heteroatoms. The molecular formula is C15H17N3O7. The monoisotopic (exact) mass is 351 g/mol. The normalized spacial score (nSPS) is 17.0. The number of rotatable bonds is 5. The number of aryl methyl sites for hydroxylation is 1. The lowest BCUT2D eigenvalue weighted by Crippen LogP contribution is -2.54. The number of carboxylic acids is 1. The first-order chi connectivity index (χ1) is 11.8. The van der Waals surface area contributed by atoms with Crippen LogP contribution in [-0.2, 0) is 14.3 Å². The van der Waals surface area contributed by atoms with E-state index < -0.39 is 28.7 Å². The van der Waals surface area contributed by atoms with Crippen molar-refractivity contribution >= 4 is 23.5 Å². The average Bonchev–Trinajstić information content (AvgIpc) is 2.58. The minimum absolute atomic E-state index is 0.101. The summed E-state index contributed by atoms with van der Waals surface area (Å²) in [6, 6.07) is 2.78. The number of aliphatic carboxylic acids is 1. The van der Waals surface area contributed by atoms with Crippen LogP contribution in [0.1, 0.15) is 15.9 Å². The van der Waals surface area contributed by atoms with Crippen LogP contribution in [0, 0.1) is 17.0 Å². The third-order valence-electron chi connectivity index (χ3n) is 3.79. The van der Waals surface area contributed by atoms with Crippen molar-refractivity contribution in [3.05, 3.63) is 39.4 Å². The van der Waals surface area contributed by atoms with Gasteiger partial charge in [0.05, 0.1) is 24.7 Å². The highest BCUT2D eigenvalue weighted by atomic mass is 16.6. The van der Waals surface area contributed by atoms with E-state index in [2.05, 4.69) is 5.32 Å². The van der Waals surface area contributed by atoms with Gasteiger partial charge >= 0.3 is 5.97 Å². The van der Waals surface area contributed by atoms with Gasteiger partial charge in [0.1, 0.15) is 0 Å². The predicted molar refractivity (Wildman–Crippen MR) is 84.1 cm³/mol. The topological polar surface area (TPSA) is 139 Å². The average molecular weight is 351 g/mol. The van der Waals surface area contributed by atoms with E-state index in [1.807, 2.05) is 0 Å². The molecule has 0 aliphatic carbocycles. The molecule has 0 spiro atoms. The standard InChI is InChI=1S/C15H17N3O7/c1-9-6-10(2-3-11(9)18(23)24)14(20)16-7-13(19)17-4-5-25-8-12(17)15(21)22/h2-3,6,12H,4-5,7-8H2,1H3,(H,16,20)(H,21,22). The minimum Gasteiger partial charge on any atom is -0.480 e. The van der Waals surface area contributed by atoms with E-state index in [0.29, 0.717) is 5.56 Å². The highest BCUT2D eigenvalue weighted by Gasteiger charge is 2.32. The van der Waals surface area contributed by atoms with Gasteiger partial charge in [0.2, 0.25) is 5.91 Å². The molecule has 1 atom stereocenters. The zero-order valence-electron chi connectivity index (χ0n) is 13.4. The molecule has 2 N–H and O–H groups in total. The lowest BCUT2D eigenvalue weighted by atomic mass is 10.1. The highest BCUT2D eigenvalue weighted by Crippen LogP contribution is 2.18. The number of carbonyl (C=O) groups is 3. The summed E-state index contributed by atoms with van der Waals surface area (Å²) in [5, 5.41) is 22.3. The molecule has 0 radical (unpaired) electrons. The maximum atomic E-state index is 12.2. The zero-order chi connectivity index (χ0) is 18.6. The van der Waals surface area contributed by atoms with Gasteiger partial charge in [-0.05, 0) is 19.1 Å². The first-order valence-corrected chi connectivity index (χ1v) is 7.44. The molecule has 1 aromatic rings. The van der Waals surface area contributed by atoms with Crippen molar-refractivity contribution in [1.82, 2.24) is 10.2 Å². The van der Waals surface area contributed by atoms with Crippen LogP contribution in [0.15, 0.2) is 18.2 Å². The first kappa shape index (κ1) is 18.3. The fourth-order valence-corrected chi connectivity index (χ4v) is 2.47. The van der Waals surface area contributed by atoms with Crippen LogP contribution in [0.3, 0.4) is 0 Å². The van der Waals surface area contributed by atoms with Gasteiger partial charge < -0.3 is 20.1 Å². The molecule has 10 nitrogen and oxygen atoms in total. The fraction of sp³-hybridized carbons (Fsp3) is 0.400. The van der Waals surface area contributed by atoms with Crippen LogP contribution in [-0.4, -0.2) is 65.1 Å². The Balaban J connectivity index is 1.99. The Labute approximate surface area is 142 Å². The Morgan fingerprint density at radius 1 is 1.44 bits per heavy atom. The number of carbonyl (C=O) groups excluding carboxylic acids is 2. The smallest absolute Gasteiger partial charge is 0.328 e. The van der Waals surface area contributed by atoms with Gasteiger partial charge in [-0.25, -0.2) is 4.79 Å². The first-order valence-electron chi connectivity index (χ1n) is 7.44. The number of nitrogens with zero attached hydrogens (tertiary/aromatic N) is 2. The Hall–Kier alpha value is -3.01. The van der Waals surface area contributed by atoms with Gasteiger partial charge in [0, 0.05) is 23.7 Å². The van der Waals surface area contributed by atoms with Crippen LogP contribution in [0.2, 0.25) is 0 Å². The number of ether oxygens (including phenoxy) is 1. The number of benzene rings is 1. The summed E-state index contributed by atoms with van der Waals surface area (Å²) in [6.45, 7) is 1.38. The lowest BCUT2D eigenvalue weighted by Gasteiger charge is -2.32. The Bertz CT molecular complexity index is 719. The summed E-state index contributed by atoms with van der Waals surface area (Å²) in [7, 11) is 0. The molecule has 25 heavy (non-hydrogen) atoms. The number of carboxylic acid groups (broad SMARTS) is 1. The number of nitrogens with one attached hydrogen (secondary N) is 1. The van der Waals surface area contributed by atoms with E-state index in [-0.39, 0.29) is 37.6 Å². The second kappa shape index (κ2) is 7.71. The summed E-state index contributed by atoms with van der Waals surface area (Å²) in [5.41, 5.74) is 0.390. The molecule has 0 aromatic heterocycles. The minimum atomic E-state index is -1.18.